The summed E-state index contributed by atoms with van der Waals surface area (Å²) in [5, 5.41) is 33.9. The van der Waals surface area contributed by atoms with Crippen molar-refractivity contribution in [2.45, 2.75) is 6.16 Å². The SMILES string of the molecule is N#Cc1cc(Br)c(OC(O)(O)O)cc1F. The molecule has 0 aliphatic heterocycles. The molecule has 0 saturated heterocycles. The van der Waals surface area contributed by atoms with Crippen LogP contribution in [0.1, 0.15) is 5.56 Å². The van der Waals surface area contributed by atoms with Gasteiger partial charge < -0.3 is 20.1 Å². The molecule has 3 N–H and O–H groups in total. The zero-order chi connectivity index (χ0) is 11.6. The molecule has 0 spiro atoms. The molecule has 7 heteroatoms. The zero-order valence-electron chi connectivity index (χ0n) is 7.11. The molecule has 0 unspecified atom stereocenters. The highest BCUT2D eigenvalue weighted by atomic mass is 79.9. The highest BCUT2D eigenvalue weighted by molar-refractivity contribution is 9.10. The molecule has 80 valence electrons. The molecule has 0 bridgehead atoms. The van der Waals surface area contributed by atoms with E-state index in [0.29, 0.717) is 0 Å². The summed E-state index contributed by atoms with van der Waals surface area (Å²) in [7, 11) is 0. The normalized spacial score (nSPS) is 10.9. The minimum atomic E-state index is -3.40. The molecule has 0 atom stereocenters. The van der Waals surface area contributed by atoms with Crippen LogP contribution in [0.5, 0.6) is 5.75 Å². The van der Waals surface area contributed by atoms with Crippen LogP contribution in [-0.2, 0) is 0 Å². The molecule has 0 aliphatic rings. The predicted molar refractivity (Wildman–Crippen MR) is 48.8 cm³/mol. The van der Waals surface area contributed by atoms with Crippen molar-refractivity contribution in [3.8, 4) is 11.8 Å². The quantitative estimate of drug-likeness (QED) is 0.682. The Morgan fingerprint density at radius 1 is 1.40 bits per heavy atom. The number of aliphatic hydroxyl groups is 3. The lowest BCUT2D eigenvalue weighted by atomic mass is 10.2. The summed E-state index contributed by atoms with van der Waals surface area (Å²) in [6.45, 7) is 0. The van der Waals surface area contributed by atoms with Gasteiger partial charge in [0.15, 0.2) is 0 Å². The van der Waals surface area contributed by atoms with Gasteiger partial charge in [-0.2, -0.15) is 5.26 Å². The van der Waals surface area contributed by atoms with Crippen LogP contribution >= 0.6 is 15.9 Å². The highest BCUT2D eigenvalue weighted by Crippen LogP contribution is 2.29. The Morgan fingerprint density at radius 2 is 2.00 bits per heavy atom. The van der Waals surface area contributed by atoms with Crippen molar-refractivity contribution >= 4 is 15.9 Å². The monoisotopic (exact) mass is 277 g/mol. The number of halogens is 2. The number of hydrogen-bond donors (Lipinski definition) is 3. The van der Waals surface area contributed by atoms with Gasteiger partial charge in [-0.15, -0.1) is 0 Å². The largest absolute Gasteiger partial charge is 0.453 e. The molecule has 1 rings (SSSR count). The average molecular weight is 278 g/mol. The lowest BCUT2D eigenvalue weighted by Gasteiger charge is -2.16. The molecule has 0 aliphatic carbocycles. The molecular weight excluding hydrogens is 273 g/mol. The molecule has 5 nitrogen and oxygen atoms in total. The van der Waals surface area contributed by atoms with E-state index in [0.717, 1.165) is 12.1 Å². The standard InChI is InChI=1S/C8H5BrFNO4/c9-5-1-4(3-11)6(10)2-7(5)15-8(12,13)14/h1-2,12-14H. The van der Waals surface area contributed by atoms with E-state index >= 15 is 0 Å². The van der Waals surface area contributed by atoms with Crippen molar-refractivity contribution in [2.75, 3.05) is 0 Å². The molecule has 0 amide bonds. The summed E-state index contributed by atoms with van der Waals surface area (Å²) in [5.41, 5.74) is -0.242. The van der Waals surface area contributed by atoms with E-state index in [2.05, 4.69) is 20.7 Å². The maximum Gasteiger partial charge on any atom is 0.453 e. The van der Waals surface area contributed by atoms with Gasteiger partial charge in [-0.25, -0.2) is 4.39 Å². The van der Waals surface area contributed by atoms with Gasteiger partial charge >= 0.3 is 6.16 Å². The third-order valence-electron chi connectivity index (χ3n) is 1.39. The Labute approximate surface area is 92.1 Å². The van der Waals surface area contributed by atoms with Gasteiger partial charge in [0.2, 0.25) is 0 Å². The van der Waals surface area contributed by atoms with Crippen LogP contribution in [0, 0.1) is 17.1 Å². The summed E-state index contributed by atoms with van der Waals surface area (Å²) < 4.78 is 17.3. The van der Waals surface area contributed by atoms with Crippen LogP contribution in [0.2, 0.25) is 0 Å². The van der Waals surface area contributed by atoms with Crippen LogP contribution in [0.3, 0.4) is 0 Å². The van der Waals surface area contributed by atoms with E-state index in [9.17, 15) is 4.39 Å². The van der Waals surface area contributed by atoms with Crippen molar-refractivity contribution in [1.82, 2.24) is 0 Å². The van der Waals surface area contributed by atoms with E-state index < -0.39 is 12.0 Å². The van der Waals surface area contributed by atoms with Crippen molar-refractivity contribution < 1.29 is 24.4 Å². The predicted octanol–water partition coefficient (Wildman–Crippen LogP) is 0.427. The minimum Gasteiger partial charge on any atom is -0.416 e. The second kappa shape index (κ2) is 4.12. The second-order valence-corrected chi connectivity index (χ2v) is 3.40. The molecule has 15 heavy (non-hydrogen) atoms. The molecule has 1 aromatic rings. The van der Waals surface area contributed by atoms with Crippen molar-refractivity contribution in [1.29, 1.82) is 5.26 Å². The molecular formula is C8H5BrFNO4. The van der Waals surface area contributed by atoms with Crippen molar-refractivity contribution in [2.24, 2.45) is 0 Å². The maximum absolute atomic E-state index is 13.0. The third kappa shape index (κ3) is 3.14. The molecule has 0 radical (unpaired) electrons. The smallest absolute Gasteiger partial charge is 0.416 e. The molecule has 0 heterocycles. The Bertz CT molecular complexity index is 424. The van der Waals surface area contributed by atoms with Crippen LogP contribution in [0.15, 0.2) is 16.6 Å². The summed E-state index contributed by atoms with van der Waals surface area (Å²) in [6, 6.07) is 3.39. The minimum absolute atomic E-state index is 0.0991. The summed E-state index contributed by atoms with van der Waals surface area (Å²) in [5.74, 6) is -1.25. The number of hydrogen-bond acceptors (Lipinski definition) is 5. The number of benzene rings is 1. The number of rotatable bonds is 2. The first-order valence-corrected chi connectivity index (χ1v) is 4.38. The van der Waals surface area contributed by atoms with Crippen LogP contribution in [0.4, 0.5) is 4.39 Å². The molecule has 1 aromatic carbocycles. The van der Waals surface area contributed by atoms with Gasteiger partial charge in [-0.05, 0) is 22.0 Å². The second-order valence-electron chi connectivity index (χ2n) is 2.55. The molecule has 0 aromatic heterocycles. The van der Waals surface area contributed by atoms with Gasteiger partial charge in [-0.3, -0.25) is 0 Å². The lowest BCUT2D eigenvalue weighted by Crippen LogP contribution is -2.34. The number of nitrogens with zero attached hydrogens (tertiary/aromatic N) is 1. The van der Waals surface area contributed by atoms with Gasteiger partial charge in [0.1, 0.15) is 17.6 Å². The van der Waals surface area contributed by atoms with E-state index in [4.69, 9.17) is 20.6 Å². The highest BCUT2D eigenvalue weighted by Gasteiger charge is 2.23. The van der Waals surface area contributed by atoms with Crippen LogP contribution in [-0.4, -0.2) is 21.5 Å². The fraction of sp³-hybridized carbons (Fsp3) is 0.125. The zero-order valence-corrected chi connectivity index (χ0v) is 8.69. The lowest BCUT2D eigenvalue weighted by molar-refractivity contribution is -0.419. The first kappa shape index (κ1) is 11.9. The third-order valence-corrected chi connectivity index (χ3v) is 2.01. The van der Waals surface area contributed by atoms with Gasteiger partial charge in [-0.1, -0.05) is 0 Å². The van der Waals surface area contributed by atoms with Crippen molar-refractivity contribution in [3.63, 3.8) is 0 Å². The summed E-state index contributed by atoms with van der Waals surface area (Å²) >= 11 is 2.90. The van der Waals surface area contributed by atoms with Crippen molar-refractivity contribution in [3.05, 3.63) is 28.0 Å². The fourth-order valence-electron chi connectivity index (χ4n) is 0.840. The van der Waals surface area contributed by atoms with Gasteiger partial charge in [0.25, 0.3) is 0 Å². The molecule has 0 saturated carbocycles. The van der Waals surface area contributed by atoms with E-state index in [1.165, 1.54) is 0 Å². The van der Waals surface area contributed by atoms with E-state index in [1.54, 1.807) is 6.07 Å². The number of ether oxygens (including phenoxy) is 1. The van der Waals surface area contributed by atoms with E-state index in [-0.39, 0.29) is 15.8 Å². The summed E-state index contributed by atoms with van der Waals surface area (Å²) in [4.78, 5) is 0. The Morgan fingerprint density at radius 3 is 2.47 bits per heavy atom. The number of nitriles is 1. The molecule has 0 fully saturated rings. The van der Waals surface area contributed by atoms with Crippen LogP contribution in [0.25, 0.3) is 0 Å². The van der Waals surface area contributed by atoms with E-state index in [1.807, 2.05) is 0 Å². The Kier molecular flexibility index (Phi) is 3.26. The summed E-state index contributed by atoms with van der Waals surface area (Å²) in [6.07, 6.45) is -3.40. The maximum atomic E-state index is 13.0. The fourth-order valence-corrected chi connectivity index (χ4v) is 1.26. The average Bonchev–Trinajstić information content (AvgIpc) is 2.08. The topological polar surface area (TPSA) is 93.7 Å². The van der Waals surface area contributed by atoms with Crippen LogP contribution < -0.4 is 4.74 Å². The Hall–Kier alpha value is -1.20. The van der Waals surface area contributed by atoms with Gasteiger partial charge in [0.05, 0.1) is 10.0 Å². The first-order chi connectivity index (χ1) is 6.83. The van der Waals surface area contributed by atoms with Gasteiger partial charge in [0, 0.05) is 6.07 Å². The Balaban J connectivity index is 3.13. The first-order valence-electron chi connectivity index (χ1n) is 3.59.